The molecule has 2 aromatic rings. The van der Waals surface area contributed by atoms with E-state index < -0.39 is 5.91 Å². The summed E-state index contributed by atoms with van der Waals surface area (Å²) < 4.78 is 1.54. The van der Waals surface area contributed by atoms with Gasteiger partial charge in [-0.15, -0.1) is 5.10 Å². The van der Waals surface area contributed by atoms with Crippen molar-refractivity contribution in [3.05, 3.63) is 47.3 Å². The number of carbonyl (C=O) groups is 1. The molecule has 17 heavy (non-hydrogen) atoms. The molecule has 0 saturated carbocycles. The topological polar surface area (TPSA) is 80.0 Å². The Hall–Kier alpha value is -2.21. The number of hydrogen-bond donors (Lipinski definition) is 2. The van der Waals surface area contributed by atoms with Crippen LogP contribution >= 0.6 is 0 Å². The van der Waals surface area contributed by atoms with E-state index in [1.807, 2.05) is 31.2 Å². The lowest BCUT2D eigenvalue weighted by atomic mass is 10.1. The minimum atomic E-state index is -0.666. The van der Waals surface area contributed by atoms with Crippen molar-refractivity contribution in [2.75, 3.05) is 0 Å². The number of rotatable bonds is 3. The number of nitrogens with zero attached hydrogens (tertiary/aromatic N) is 3. The second kappa shape index (κ2) is 4.75. The third-order valence-electron chi connectivity index (χ3n) is 2.30. The van der Waals surface area contributed by atoms with E-state index in [1.54, 1.807) is 4.68 Å². The van der Waals surface area contributed by atoms with Crippen LogP contribution in [0.2, 0.25) is 0 Å². The molecule has 0 aliphatic heterocycles. The van der Waals surface area contributed by atoms with Crippen molar-refractivity contribution in [2.24, 2.45) is 0 Å². The van der Waals surface area contributed by atoms with Gasteiger partial charge in [0, 0.05) is 0 Å². The quantitative estimate of drug-likeness (QED) is 0.604. The molecule has 6 nitrogen and oxygen atoms in total. The second-order valence-corrected chi connectivity index (χ2v) is 3.73. The van der Waals surface area contributed by atoms with Crippen molar-refractivity contribution >= 4 is 5.91 Å². The molecule has 0 spiro atoms. The largest absolute Gasteiger partial charge is 0.296 e. The first kappa shape index (κ1) is 11.3. The summed E-state index contributed by atoms with van der Waals surface area (Å²) in [5, 5.41) is 15.9. The van der Waals surface area contributed by atoms with Crippen LogP contribution in [-0.4, -0.2) is 26.1 Å². The number of aryl methyl sites for hydroxylation is 1. The minimum absolute atomic E-state index is 0.0835. The van der Waals surface area contributed by atoms with Crippen molar-refractivity contribution in [1.82, 2.24) is 20.5 Å². The molecule has 1 amide bonds. The molecular weight excluding hydrogens is 220 g/mol. The van der Waals surface area contributed by atoms with Gasteiger partial charge in [0.2, 0.25) is 0 Å². The fourth-order valence-corrected chi connectivity index (χ4v) is 1.53. The highest BCUT2D eigenvalue weighted by molar-refractivity contribution is 5.90. The number of nitrogens with one attached hydrogen (secondary N) is 1. The summed E-state index contributed by atoms with van der Waals surface area (Å²) in [7, 11) is 0. The molecule has 0 atom stereocenters. The Kier molecular flexibility index (Phi) is 3.15. The molecule has 1 heterocycles. The zero-order chi connectivity index (χ0) is 12.3. The molecule has 0 radical (unpaired) electrons. The first-order valence-corrected chi connectivity index (χ1v) is 5.09. The molecule has 0 aliphatic rings. The number of carbonyl (C=O) groups excluding carboxylic acids is 1. The fraction of sp³-hybridized carbons (Fsp3) is 0.182. The molecule has 0 fully saturated rings. The van der Waals surface area contributed by atoms with Crippen LogP contribution in [0.4, 0.5) is 0 Å². The lowest BCUT2D eigenvalue weighted by molar-refractivity contribution is 0.0700. The van der Waals surface area contributed by atoms with Gasteiger partial charge in [0.25, 0.3) is 5.91 Å². The van der Waals surface area contributed by atoms with Crippen molar-refractivity contribution in [2.45, 2.75) is 13.5 Å². The summed E-state index contributed by atoms with van der Waals surface area (Å²) in [5.41, 5.74) is 3.83. The van der Waals surface area contributed by atoms with Crippen molar-refractivity contribution < 1.29 is 10.0 Å². The number of amides is 1. The molecule has 0 saturated heterocycles. The average Bonchev–Trinajstić information content (AvgIpc) is 2.76. The molecule has 88 valence electrons. The predicted molar refractivity (Wildman–Crippen MR) is 59.6 cm³/mol. The van der Waals surface area contributed by atoms with E-state index in [0.29, 0.717) is 6.54 Å². The van der Waals surface area contributed by atoms with E-state index in [2.05, 4.69) is 10.3 Å². The fourth-order valence-electron chi connectivity index (χ4n) is 1.53. The van der Waals surface area contributed by atoms with Crippen molar-refractivity contribution in [1.29, 1.82) is 0 Å². The molecule has 2 N–H and O–H groups in total. The van der Waals surface area contributed by atoms with Crippen LogP contribution in [0.1, 0.15) is 21.6 Å². The van der Waals surface area contributed by atoms with Gasteiger partial charge in [-0.3, -0.25) is 10.0 Å². The average molecular weight is 232 g/mol. The SMILES string of the molecule is Cc1cccc(Cn2cc(C(=O)NO)nn2)c1. The van der Waals surface area contributed by atoms with Crippen LogP contribution in [0.3, 0.4) is 0 Å². The molecule has 0 aliphatic carbocycles. The third-order valence-corrected chi connectivity index (χ3v) is 2.30. The molecule has 1 aromatic heterocycles. The van der Waals surface area contributed by atoms with Gasteiger partial charge in [0.15, 0.2) is 5.69 Å². The number of hydrogen-bond acceptors (Lipinski definition) is 4. The van der Waals surface area contributed by atoms with Crippen LogP contribution in [0.5, 0.6) is 0 Å². The molecule has 6 heteroatoms. The van der Waals surface area contributed by atoms with Gasteiger partial charge >= 0.3 is 0 Å². The van der Waals surface area contributed by atoms with Crippen LogP contribution in [0.15, 0.2) is 30.5 Å². The lowest BCUT2D eigenvalue weighted by Gasteiger charge is -2.01. The van der Waals surface area contributed by atoms with Crippen LogP contribution < -0.4 is 5.48 Å². The first-order valence-electron chi connectivity index (χ1n) is 5.09. The number of benzene rings is 1. The summed E-state index contributed by atoms with van der Waals surface area (Å²) in [5.74, 6) is -0.666. The van der Waals surface area contributed by atoms with Gasteiger partial charge in [-0.1, -0.05) is 35.0 Å². The van der Waals surface area contributed by atoms with E-state index in [0.717, 1.165) is 11.1 Å². The maximum Gasteiger partial charge on any atom is 0.296 e. The molecular formula is C11H12N4O2. The van der Waals surface area contributed by atoms with Gasteiger partial charge < -0.3 is 0 Å². The van der Waals surface area contributed by atoms with E-state index in [-0.39, 0.29) is 5.69 Å². The summed E-state index contributed by atoms with van der Waals surface area (Å²) in [6.45, 7) is 2.54. The highest BCUT2D eigenvalue weighted by atomic mass is 16.5. The first-order chi connectivity index (χ1) is 8.19. The van der Waals surface area contributed by atoms with Gasteiger partial charge in [0.05, 0.1) is 12.7 Å². The van der Waals surface area contributed by atoms with Crippen molar-refractivity contribution in [3.63, 3.8) is 0 Å². The monoisotopic (exact) mass is 232 g/mol. The highest BCUT2D eigenvalue weighted by Gasteiger charge is 2.09. The maximum atomic E-state index is 11.1. The smallest absolute Gasteiger partial charge is 0.288 e. The summed E-state index contributed by atoms with van der Waals surface area (Å²) in [6.07, 6.45) is 1.48. The predicted octanol–water partition coefficient (Wildman–Crippen LogP) is 0.754. The van der Waals surface area contributed by atoms with Crippen LogP contribution in [-0.2, 0) is 6.54 Å². The van der Waals surface area contributed by atoms with E-state index >= 15 is 0 Å². The molecule has 0 unspecified atom stereocenters. The Morgan fingerprint density at radius 2 is 2.35 bits per heavy atom. The maximum absolute atomic E-state index is 11.1. The Labute approximate surface area is 97.8 Å². The van der Waals surface area contributed by atoms with E-state index in [9.17, 15) is 4.79 Å². The standard InChI is InChI=1S/C11H12N4O2/c1-8-3-2-4-9(5-8)6-15-7-10(12-14-15)11(16)13-17/h2-5,7,17H,6H2,1H3,(H,13,16). The van der Waals surface area contributed by atoms with Crippen molar-refractivity contribution in [3.8, 4) is 0 Å². The number of hydroxylamine groups is 1. The van der Waals surface area contributed by atoms with E-state index in [1.165, 1.54) is 11.7 Å². The molecule has 0 bridgehead atoms. The third kappa shape index (κ3) is 2.67. The zero-order valence-corrected chi connectivity index (χ0v) is 9.29. The Balaban J connectivity index is 2.14. The highest BCUT2D eigenvalue weighted by Crippen LogP contribution is 2.05. The summed E-state index contributed by atoms with van der Waals surface area (Å²) in [4.78, 5) is 11.1. The van der Waals surface area contributed by atoms with Crippen LogP contribution in [0.25, 0.3) is 0 Å². The lowest BCUT2D eigenvalue weighted by Crippen LogP contribution is -2.18. The second-order valence-electron chi connectivity index (χ2n) is 3.73. The van der Waals surface area contributed by atoms with E-state index in [4.69, 9.17) is 5.21 Å². The number of aromatic nitrogens is 3. The van der Waals surface area contributed by atoms with Crippen LogP contribution in [0, 0.1) is 6.92 Å². The van der Waals surface area contributed by atoms with Gasteiger partial charge in [-0.05, 0) is 12.5 Å². The van der Waals surface area contributed by atoms with Gasteiger partial charge in [0.1, 0.15) is 0 Å². The Morgan fingerprint density at radius 1 is 1.53 bits per heavy atom. The molecule has 1 aromatic carbocycles. The zero-order valence-electron chi connectivity index (χ0n) is 9.29. The van der Waals surface area contributed by atoms with Gasteiger partial charge in [-0.2, -0.15) is 0 Å². The normalized spacial score (nSPS) is 10.2. The summed E-state index contributed by atoms with van der Waals surface area (Å²) >= 11 is 0. The Morgan fingerprint density at radius 3 is 3.06 bits per heavy atom. The minimum Gasteiger partial charge on any atom is -0.288 e. The van der Waals surface area contributed by atoms with Gasteiger partial charge in [-0.25, -0.2) is 10.2 Å². The molecule has 2 rings (SSSR count). The summed E-state index contributed by atoms with van der Waals surface area (Å²) in [6, 6.07) is 7.98. The Bertz CT molecular complexity index is 536.